The van der Waals surface area contributed by atoms with E-state index in [-0.39, 0.29) is 24.0 Å². The first-order valence-corrected chi connectivity index (χ1v) is 8.66. The predicted molar refractivity (Wildman–Crippen MR) is 91.0 cm³/mol. The van der Waals surface area contributed by atoms with Crippen molar-refractivity contribution in [1.29, 1.82) is 0 Å². The smallest absolute Gasteiger partial charge is 0.253 e. The summed E-state index contributed by atoms with van der Waals surface area (Å²) in [5, 5.41) is 5.88. The SMILES string of the molecule is CCc1c(NC(=O)[C@@H]2CCCO2)cccc1NC(=O)[C@@H]1CCCO1. The maximum absolute atomic E-state index is 12.3. The van der Waals surface area contributed by atoms with Crippen LogP contribution in [0.4, 0.5) is 11.4 Å². The minimum Gasteiger partial charge on any atom is -0.368 e. The lowest BCUT2D eigenvalue weighted by atomic mass is 10.1. The van der Waals surface area contributed by atoms with Gasteiger partial charge in [-0.2, -0.15) is 0 Å². The topological polar surface area (TPSA) is 76.7 Å². The second-order valence-electron chi connectivity index (χ2n) is 6.17. The molecule has 2 N–H and O–H groups in total. The molecule has 0 radical (unpaired) electrons. The molecule has 2 amide bonds. The van der Waals surface area contributed by atoms with Crippen molar-refractivity contribution in [1.82, 2.24) is 0 Å². The Morgan fingerprint density at radius 2 is 1.50 bits per heavy atom. The molecule has 0 bridgehead atoms. The number of carbonyl (C=O) groups is 2. The molecule has 2 fully saturated rings. The number of carbonyl (C=O) groups excluding carboxylic acids is 2. The van der Waals surface area contributed by atoms with Crippen molar-refractivity contribution in [2.75, 3.05) is 23.8 Å². The Labute approximate surface area is 141 Å². The molecule has 3 rings (SSSR count). The van der Waals surface area contributed by atoms with Crippen molar-refractivity contribution in [3.63, 3.8) is 0 Å². The number of amides is 2. The van der Waals surface area contributed by atoms with Crippen LogP contribution in [0, 0.1) is 0 Å². The van der Waals surface area contributed by atoms with E-state index >= 15 is 0 Å². The summed E-state index contributed by atoms with van der Waals surface area (Å²) < 4.78 is 10.8. The van der Waals surface area contributed by atoms with Crippen LogP contribution in [0.2, 0.25) is 0 Å². The Balaban J connectivity index is 1.72. The monoisotopic (exact) mass is 332 g/mol. The average molecular weight is 332 g/mol. The van der Waals surface area contributed by atoms with Gasteiger partial charge >= 0.3 is 0 Å². The molecule has 0 saturated carbocycles. The lowest BCUT2D eigenvalue weighted by Crippen LogP contribution is -2.29. The van der Waals surface area contributed by atoms with E-state index in [4.69, 9.17) is 9.47 Å². The maximum atomic E-state index is 12.3. The van der Waals surface area contributed by atoms with E-state index in [1.165, 1.54) is 0 Å². The lowest BCUT2D eigenvalue weighted by molar-refractivity contribution is -0.125. The molecule has 2 heterocycles. The van der Waals surface area contributed by atoms with Crippen molar-refractivity contribution in [3.8, 4) is 0 Å². The van der Waals surface area contributed by atoms with Gasteiger partial charge in [-0.15, -0.1) is 0 Å². The summed E-state index contributed by atoms with van der Waals surface area (Å²) >= 11 is 0. The van der Waals surface area contributed by atoms with Crippen LogP contribution in [-0.2, 0) is 25.5 Å². The van der Waals surface area contributed by atoms with Gasteiger partial charge in [0.05, 0.1) is 0 Å². The fraction of sp³-hybridized carbons (Fsp3) is 0.556. The number of hydrogen-bond donors (Lipinski definition) is 2. The van der Waals surface area contributed by atoms with Crippen molar-refractivity contribution in [3.05, 3.63) is 23.8 Å². The molecule has 2 saturated heterocycles. The summed E-state index contributed by atoms with van der Waals surface area (Å²) in [5.41, 5.74) is 2.36. The van der Waals surface area contributed by atoms with Crippen LogP contribution in [0.1, 0.15) is 38.2 Å². The Bertz CT molecular complexity index is 557. The highest BCUT2D eigenvalue weighted by Gasteiger charge is 2.26. The standard InChI is InChI=1S/C18H24N2O4/c1-2-12-13(19-17(21)15-8-4-10-23-15)6-3-7-14(12)20-18(22)16-9-5-11-24-16/h3,6-7,15-16H,2,4-5,8-11H2,1H3,(H,19,21)(H,20,22)/t15-,16-/m0/s1. The fourth-order valence-electron chi connectivity index (χ4n) is 3.20. The molecule has 0 spiro atoms. The third kappa shape index (κ3) is 3.76. The van der Waals surface area contributed by atoms with Crippen LogP contribution in [0.3, 0.4) is 0 Å². The second-order valence-corrected chi connectivity index (χ2v) is 6.17. The largest absolute Gasteiger partial charge is 0.368 e. The van der Waals surface area contributed by atoms with E-state index in [9.17, 15) is 9.59 Å². The number of hydrogen-bond acceptors (Lipinski definition) is 4. The van der Waals surface area contributed by atoms with Crippen molar-refractivity contribution >= 4 is 23.2 Å². The third-order valence-electron chi connectivity index (χ3n) is 4.49. The van der Waals surface area contributed by atoms with Gasteiger partial charge in [0.2, 0.25) is 0 Å². The molecule has 6 heteroatoms. The number of anilines is 2. The molecule has 130 valence electrons. The van der Waals surface area contributed by atoms with E-state index < -0.39 is 0 Å². The highest BCUT2D eigenvalue weighted by molar-refractivity contribution is 5.98. The number of benzene rings is 1. The maximum Gasteiger partial charge on any atom is 0.253 e. The van der Waals surface area contributed by atoms with Gasteiger partial charge in [-0.3, -0.25) is 9.59 Å². The van der Waals surface area contributed by atoms with E-state index in [0.717, 1.165) is 42.6 Å². The van der Waals surface area contributed by atoms with Crippen LogP contribution >= 0.6 is 0 Å². The summed E-state index contributed by atoms with van der Waals surface area (Å²) in [5.74, 6) is -0.241. The zero-order chi connectivity index (χ0) is 16.9. The van der Waals surface area contributed by atoms with E-state index in [0.29, 0.717) is 19.6 Å². The van der Waals surface area contributed by atoms with Gasteiger partial charge in [-0.1, -0.05) is 13.0 Å². The highest BCUT2D eigenvalue weighted by Crippen LogP contribution is 2.27. The van der Waals surface area contributed by atoms with Crippen molar-refractivity contribution < 1.29 is 19.1 Å². The van der Waals surface area contributed by atoms with Gasteiger partial charge in [-0.05, 0) is 49.8 Å². The molecular weight excluding hydrogens is 308 g/mol. The zero-order valence-electron chi connectivity index (χ0n) is 14.0. The zero-order valence-corrected chi connectivity index (χ0v) is 14.0. The Morgan fingerprint density at radius 3 is 1.88 bits per heavy atom. The summed E-state index contributed by atoms with van der Waals surface area (Å²) in [6.45, 7) is 3.27. The Kier molecular flexibility index (Phi) is 5.48. The van der Waals surface area contributed by atoms with Crippen LogP contribution in [0.25, 0.3) is 0 Å². The van der Waals surface area contributed by atoms with Crippen LogP contribution in [0.5, 0.6) is 0 Å². The molecule has 1 aromatic rings. The van der Waals surface area contributed by atoms with Gasteiger partial charge < -0.3 is 20.1 Å². The van der Waals surface area contributed by atoms with E-state index in [1.807, 2.05) is 25.1 Å². The highest BCUT2D eigenvalue weighted by atomic mass is 16.5. The molecule has 0 aliphatic carbocycles. The molecule has 0 aromatic heterocycles. The number of nitrogens with one attached hydrogen (secondary N) is 2. The second kappa shape index (κ2) is 7.77. The first kappa shape index (κ1) is 16.9. The van der Waals surface area contributed by atoms with Crippen LogP contribution < -0.4 is 10.6 Å². The van der Waals surface area contributed by atoms with Gasteiger partial charge in [0.1, 0.15) is 12.2 Å². The van der Waals surface area contributed by atoms with E-state index in [1.54, 1.807) is 0 Å². The van der Waals surface area contributed by atoms with E-state index in [2.05, 4.69) is 10.6 Å². The van der Waals surface area contributed by atoms with Crippen molar-refractivity contribution in [2.45, 2.75) is 51.2 Å². The minimum atomic E-state index is -0.375. The summed E-state index contributed by atoms with van der Waals surface area (Å²) in [7, 11) is 0. The Hall–Kier alpha value is -1.92. The molecule has 1 aromatic carbocycles. The number of rotatable bonds is 5. The molecule has 24 heavy (non-hydrogen) atoms. The quantitative estimate of drug-likeness (QED) is 0.868. The van der Waals surface area contributed by atoms with Gasteiger partial charge in [-0.25, -0.2) is 0 Å². The van der Waals surface area contributed by atoms with Crippen LogP contribution in [0.15, 0.2) is 18.2 Å². The van der Waals surface area contributed by atoms with Gasteiger partial charge in [0.15, 0.2) is 0 Å². The number of ether oxygens (including phenoxy) is 2. The fourth-order valence-corrected chi connectivity index (χ4v) is 3.20. The summed E-state index contributed by atoms with van der Waals surface area (Å²) in [6.07, 6.45) is 3.28. The normalized spacial score (nSPS) is 23.2. The molecule has 2 atom stereocenters. The lowest BCUT2D eigenvalue weighted by Gasteiger charge is -2.18. The summed E-state index contributed by atoms with van der Waals surface area (Å²) in [4.78, 5) is 24.6. The van der Waals surface area contributed by atoms with Gasteiger partial charge in [0.25, 0.3) is 11.8 Å². The molecule has 6 nitrogen and oxygen atoms in total. The molecule has 2 aliphatic heterocycles. The Morgan fingerprint density at radius 1 is 1.00 bits per heavy atom. The average Bonchev–Trinajstić information content (AvgIpc) is 3.28. The summed E-state index contributed by atoms with van der Waals surface area (Å²) in [6, 6.07) is 5.54. The predicted octanol–water partition coefficient (Wildman–Crippen LogP) is 2.48. The third-order valence-corrected chi connectivity index (χ3v) is 4.49. The first-order chi connectivity index (χ1) is 11.7. The van der Waals surface area contributed by atoms with Crippen LogP contribution in [-0.4, -0.2) is 37.2 Å². The molecule has 0 unspecified atom stereocenters. The van der Waals surface area contributed by atoms with Crippen molar-refractivity contribution in [2.24, 2.45) is 0 Å². The minimum absolute atomic E-state index is 0.121. The van der Waals surface area contributed by atoms with Gasteiger partial charge in [0, 0.05) is 24.6 Å². The molecular formula is C18H24N2O4. The first-order valence-electron chi connectivity index (χ1n) is 8.66. The molecule has 2 aliphatic rings.